The van der Waals surface area contributed by atoms with Gasteiger partial charge in [-0.05, 0) is 37.4 Å². The molecule has 0 amide bonds. The van der Waals surface area contributed by atoms with Gasteiger partial charge in [0.15, 0.2) is 0 Å². The molecule has 1 atom stereocenters. The smallest absolute Gasteiger partial charge is 0.0543 e. The van der Waals surface area contributed by atoms with Crippen molar-refractivity contribution in [2.24, 2.45) is 5.92 Å². The molecule has 0 radical (unpaired) electrons. The normalized spacial score (nSPS) is 21.0. The van der Waals surface area contributed by atoms with Crippen molar-refractivity contribution in [3.05, 3.63) is 30.1 Å². The molecule has 0 saturated carbocycles. The van der Waals surface area contributed by atoms with Crippen molar-refractivity contribution in [2.75, 3.05) is 32.8 Å². The van der Waals surface area contributed by atoms with Gasteiger partial charge in [-0.15, -0.1) is 0 Å². The van der Waals surface area contributed by atoms with E-state index in [0.29, 0.717) is 6.04 Å². The molecule has 0 spiro atoms. The monoisotopic (exact) mass is 291 g/mol. The van der Waals surface area contributed by atoms with Crippen LogP contribution in [0.3, 0.4) is 0 Å². The minimum Gasteiger partial charge on any atom is -0.396 e. The predicted molar refractivity (Wildman–Crippen MR) is 86.0 cm³/mol. The number of piperazine rings is 1. The lowest BCUT2D eigenvalue weighted by molar-refractivity contribution is 0.0518. The van der Waals surface area contributed by atoms with Crippen LogP contribution in [0, 0.1) is 5.92 Å². The third-order valence-corrected chi connectivity index (χ3v) is 4.26. The van der Waals surface area contributed by atoms with Gasteiger partial charge in [-0.1, -0.05) is 19.9 Å². The lowest BCUT2D eigenvalue weighted by Crippen LogP contribution is -2.53. The molecule has 0 bridgehead atoms. The Morgan fingerprint density at radius 3 is 2.86 bits per heavy atom. The second kappa shape index (κ2) is 8.47. The molecule has 0 aromatic carbocycles. The molecule has 0 aliphatic carbocycles. The molecule has 21 heavy (non-hydrogen) atoms. The minimum absolute atomic E-state index is 0.278. The summed E-state index contributed by atoms with van der Waals surface area (Å²) in [5, 5.41) is 9.33. The number of hydrogen-bond donors (Lipinski definition) is 1. The van der Waals surface area contributed by atoms with E-state index < -0.39 is 0 Å². The quantitative estimate of drug-likeness (QED) is 0.834. The maximum Gasteiger partial charge on any atom is 0.0543 e. The summed E-state index contributed by atoms with van der Waals surface area (Å²) in [7, 11) is 0. The maximum absolute atomic E-state index is 9.33. The molecule has 0 unspecified atom stereocenters. The Morgan fingerprint density at radius 2 is 2.19 bits per heavy atom. The molecule has 1 aliphatic rings. The Hall–Kier alpha value is -0.970. The highest BCUT2D eigenvalue weighted by atomic mass is 16.3. The first kappa shape index (κ1) is 16.4. The standard InChI is InChI=1S/C17H29N3O/c1-15(2)6-9-20-11-10-19(14-17(20)7-12-21)13-16-5-3-4-8-18-16/h3-5,8,15,17,21H,6-7,9-14H2,1-2H3/t17-/m0/s1. The molecule has 1 N–H and O–H groups in total. The molecule has 2 rings (SSSR count). The van der Waals surface area contributed by atoms with Crippen LogP contribution in [0.5, 0.6) is 0 Å². The van der Waals surface area contributed by atoms with Crippen molar-refractivity contribution >= 4 is 0 Å². The zero-order valence-electron chi connectivity index (χ0n) is 13.4. The summed E-state index contributed by atoms with van der Waals surface area (Å²) < 4.78 is 0. The third kappa shape index (κ3) is 5.38. The van der Waals surface area contributed by atoms with E-state index in [1.54, 1.807) is 0 Å². The van der Waals surface area contributed by atoms with Crippen LogP contribution in [0.25, 0.3) is 0 Å². The van der Waals surface area contributed by atoms with Crippen LogP contribution < -0.4 is 0 Å². The molecule has 1 fully saturated rings. The first-order chi connectivity index (χ1) is 10.2. The molecule has 1 aliphatic heterocycles. The summed E-state index contributed by atoms with van der Waals surface area (Å²) in [4.78, 5) is 9.45. The van der Waals surface area contributed by atoms with Crippen molar-refractivity contribution in [3.63, 3.8) is 0 Å². The van der Waals surface area contributed by atoms with Crippen LogP contribution in [0.2, 0.25) is 0 Å². The van der Waals surface area contributed by atoms with Crippen LogP contribution >= 0.6 is 0 Å². The van der Waals surface area contributed by atoms with E-state index in [-0.39, 0.29) is 6.61 Å². The molecule has 1 aromatic heterocycles. The highest BCUT2D eigenvalue weighted by molar-refractivity contribution is 5.03. The Morgan fingerprint density at radius 1 is 1.33 bits per heavy atom. The number of nitrogens with zero attached hydrogens (tertiary/aromatic N) is 3. The minimum atomic E-state index is 0.278. The first-order valence-corrected chi connectivity index (χ1v) is 8.16. The van der Waals surface area contributed by atoms with Gasteiger partial charge in [0.1, 0.15) is 0 Å². The summed E-state index contributed by atoms with van der Waals surface area (Å²) in [6.45, 7) is 10.1. The Bertz CT molecular complexity index is 396. The average Bonchev–Trinajstić information content (AvgIpc) is 2.48. The van der Waals surface area contributed by atoms with Gasteiger partial charge in [-0.25, -0.2) is 0 Å². The van der Waals surface area contributed by atoms with E-state index in [1.165, 1.54) is 6.42 Å². The number of rotatable bonds is 7. The van der Waals surface area contributed by atoms with E-state index in [9.17, 15) is 5.11 Å². The maximum atomic E-state index is 9.33. The Balaban J connectivity index is 1.88. The molecular weight excluding hydrogens is 262 g/mol. The highest BCUT2D eigenvalue weighted by Gasteiger charge is 2.26. The molecule has 4 heteroatoms. The van der Waals surface area contributed by atoms with Gasteiger partial charge in [0.25, 0.3) is 0 Å². The SMILES string of the molecule is CC(C)CCN1CCN(Cc2ccccn2)C[C@@H]1CCO. The number of aliphatic hydroxyl groups is 1. The third-order valence-electron chi connectivity index (χ3n) is 4.26. The lowest BCUT2D eigenvalue weighted by atomic mass is 10.1. The largest absolute Gasteiger partial charge is 0.396 e. The van der Waals surface area contributed by atoms with Gasteiger partial charge in [0.05, 0.1) is 5.69 Å². The summed E-state index contributed by atoms with van der Waals surface area (Å²) in [6.07, 6.45) is 3.97. The van der Waals surface area contributed by atoms with Crippen molar-refractivity contribution in [1.29, 1.82) is 0 Å². The van der Waals surface area contributed by atoms with Crippen molar-refractivity contribution in [1.82, 2.24) is 14.8 Å². The topological polar surface area (TPSA) is 39.6 Å². The number of aromatic nitrogens is 1. The van der Waals surface area contributed by atoms with E-state index in [1.807, 2.05) is 18.3 Å². The van der Waals surface area contributed by atoms with Crippen molar-refractivity contribution < 1.29 is 5.11 Å². The van der Waals surface area contributed by atoms with Crippen LogP contribution in [0.15, 0.2) is 24.4 Å². The summed E-state index contributed by atoms with van der Waals surface area (Å²) >= 11 is 0. The summed E-state index contributed by atoms with van der Waals surface area (Å²) in [5.41, 5.74) is 1.14. The molecule has 118 valence electrons. The van der Waals surface area contributed by atoms with E-state index in [0.717, 1.165) is 50.8 Å². The first-order valence-electron chi connectivity index (χ1n) is 8.16. The fraction of sp³-hybridized carbons (Fsp3) is 0.706. The zero-order chi connectivity index (χ0) is 15.1. The fourth-order valence-corrected chi connectivity index (χ4v) is 2.96. The van der Waals surface area contributed by atoms with E-state index >= 15 is 0 Å². The van der Waals surface area contributed by atoms with Crippen LogP contribution in [-0.4, -0.2) is 58.7 Å². The highest BCUT2D eigenvalue weighted by Crippen LogP contribution is 2.16. The molecular formula is C17H29N3O. The number of aliphatic hydroxyl groups excluding tert-OH is 1. The van der Waals surface area contributed by atoms with Crippen LogP contribution in [0.4, 0.5) is 0 Å². The fourth-order valence-electron chi connectivity index (χ4n) is 2.96. The van der Waals surface area contributed by atoms with E-state index in [4.69, 9.17) is 0 Å². The van der Waals surface area contributed by atoms with Crippen LogP contribution in [-0.2, 0) is 6.54 Å². The van der Waals surface area contributed by atoms with Gasteiger partial charge in [0, 0.05) is 45.0 Å². The number of pyridine rings is 1. The summed E-state index contributed by atoms with van der Waals surface area (Å²) in [5.74, 6) is 0.742. The molecule has 1 saturated heterocycles. The second-order valence-electron chi connectivity index (χ2n) is 6.44. The van der Waals surface area contributed by atoms with Crippen molar-refractivity contribution in [3.8, 4) is 0 Å². The van der Waals surface area contributed by atoms with Gasteiger partial charge >= 0.3 is 0 Å². The number of hydrogen-bond acceptors (Lipinski definition) is 4. The summed E-state index contributed by atoms with van der Waals surface area (Å²) in [6, 6.07) is 6.58. The molecule has 2 heterocycles. The predicted octanol–water partition coefficient (Wildman–Crippen LogP) is 2.00. The van der Waals surface area contributed by atoms with Gasteiger partial charge in [0.2, 0.25) is 0 Å². The second-order valence-corrected chi connectivity index (χ2v) is 6.44. The lowest BCUT2D eigenvalue weighted by Gasteiger charge is -2.41. The molecule has 4 nitrogen and oxygen atoms in total. The average molecular weight is 291 g/mol. The Kier molecular flexibility index (Phi) is 6.61. The van der Waals surface area contributed by atoms with Crippen LogP contribution in [0.1, 0.15) is 32.4 Å². The zero-order valence-corrected chi connectivity index (χ0v) is 13.4. The van der Waals surface area contributed by atoms with Gasteiger partial charge < -0.3 is 5.11 Å². The Labute approximate surface area is 128 Å². The molecule has 1 aromatic rings. The van der Waals surface area contributed by atoms with E-state index in [2.05, 4.69) is 34.7 Å². The van der Waals surface area contributed by atoms with Gasteiger partial charge in [-0.2, -0.15) is 0 Å². The van der Waals surface area contributed by atoms with Gasteiger partial charge in [-0.3, -0.25) is 14.8 Å². The van der Waals surface area contributed by atoms with Crippen molar-refractivity contribution in [2.45, 2.75) is 39.3 Å².